The highest BCUT2D eigenvalue weighted by Gasteiger charge is 2.14. The minimum atomic E-state index is -0.328. The zero-order chi connectivity index (χ0) is 15.5. The molecule has 21 heavy (non-hydrogen) atoms. The Morgan fingerprint density at radius 1 is 1.19 bits per heavy atom. The van der Waals surface area contributed by atoms with Crippen LogP contribution in [0.2, 0.25) is 0 Å². The smallest absolute Gasteiger partial charge is 0.170 e. The number of halogens is 1. The third kappa shape index (κ3) is 4.23. The highest BCUT2D eigenvalue weighted by atomic mass is 19.1. The van der Waals surface area contributed by atoms with Gasteiger partial charge in [-0.3, -0.25) is 4.98 Å². The Morgan fingerprint density at radius 3 is 2.62 bits per heavy atom. The maximum Gasteiger partial charge on any atom is 0.170 e. The molecule has 0 aliphatic heterocycles. The Labute approximate surface area is 124 Å². The molecule has 2 N–H and O–H groups in total. The van der Waals surface area contributed by atoms with Crippen molar-refractivity contribution >= 4 is 11.5 Å². The summed E-state index contributed by atoms with van der Waals surface area (Å²) in [6, 6.07) is 3.50. The molecule has 0 fully saturated rings. The Morgan fingerprint density at radius 2 is 1.95 bits per heavy atom. The molecule has 0 atom stereocenters. The molecule has 0 saturated carbocycles. The van der Waals surface area contributed by atoms with E-state index in [1.807, 2.05) is 27.7 Å². The van der Waals surface area contributed by atoms with Crippen LogP contribution in [-0.4, -0.2) is 15.5 Å². The van der Waals surface area contributed by atoms with Crippen molar-refractivity contribution in [1.29, 1.82) is 0 Å². The number of aryl methyl sites for hydroxylation is 1. The number of aromatic nitrogens is 2. The summed E-state index contributed by atoms with van der Waals surface area (Å²) in [4.78, 5) is 8.10. The van der Waals surface area contributed by atoms with Crippen molar-refractivity contribution in [3.8, 4) is 0 Å². The number of rotatable bonds is 4. The fourth-order valence-electron chi connectivity index (χ4n) is 1.81. The van der Waals surface area contributed by atoms with Crippen molar-refractivity contribution in [2.75, 3.05) is 5.32 Å². The molecule has 2 heterocycles. The van der Waals surface area contributed by atoms with Crippen LogP contribution in [0.15, 0.2) is 30.7 Å². The van der Waals surface area contributed by atoms with E-state index < -0.39 is 0 Å². The van der Waals surface area contributed by atoms with Crippen LogP contribution in [-0.2, 0) is 6.54 Å². The molecule has 0 unspecified atom stereocenters. The van der Waals surface area contributed by atoms with Gasteiger partial charge in [0.2, 0.25) is 0 Å². The SMILES string of the molecule is Cc1cnccc1Nc1nccc(CNC(C)(C)C)c1F. The average Bonchev–Trinajstić information content (AvgIpc) is 2.41. The van der Waals surface area contributed by atoms with Crippen LogP contribution in [0.5, 0.6) is 0 Å². The van der Waals surface area contributed by atoms with Gasteiger partial charge in [0.05, 0.1) is 0 Å². The molecule has 0 radical (unpaired) electrons. The Hall–Kier alpha value is -2.01. The van der Waals surface area contributed by atoms with Crippen LogP contribution in [0.3, 0.4) is 0 Å². The lowest BCUT2D eigenvalue weighted by Crippen LogP contribution is -2.35. The molecular formula is C16H21FN4. The summed E-state index contributed by atoms with van der Waals surface area (Å²) < 4.78 is 14.5. The van der Waals surface area contributed by atoms with Gasteiger partial charge in [-0.15, -0.1) is 0 Å². The van der Waals surface area contributed by atoms with E-state index in [0.717, 1.165) is 11.3 Å². The zero-order valence-electron chi connectivity index (χ0n) is 12.9. The first-order valence-corrected chi connectivity index (χ1v) is 6.93. The van der Waals surface area contributed by atoms with Crippen LogP contribution in [0, 0.1) is 12.7 Å². The standard InChI is InChI=1S/C16H21FN4/c1-11-9-18-7-6-13(11)21-15-14(17)12(5-8-19-15)10-20-16(2,3)4/h5-9,20H,10H2,1-4H3,(H,18,19,21). The summed E-state index contributed by atoms with van der Waals surface area (Å²) in [5, 5.41) is 6.30. The second kappa shape index (κ2) is 6.18. The van der Waals surface area contributed by atoms with Crippen LogP contribution >= 0.6 is 0 Å². The van der Waals surface area contributed by atoms with Crippen molar-refractivity contribution in [2.24, 2.45) is 0 Å². The summed E-state index contributed by atoms with van der Waals surface area (Å²) in [5.41, 5.74) is 2.27. The van der Waals surface area contributed by atoms with E-state index in [-0.39, 0.29) is 17.2 Å². The molecule has 0 aliphatic carbocycles. The molecule has 0 aromatic carbocycles. The van der Waals surface area contributed by atoms with E-state index in [2.05, 4.69) is 20.6 Å². The molecule has 4 nitrogen and oxygen atoms in total. The van der Waals surface area contributed by atoms with Crippen LogP contribution < -0.4 is 10.6 Å². The molecule has 2 aromatic heterocycles. The van der Waals surface area contributed by atoms with Gasteiger partial charge in [-0.25, -0.2) is 9.37 Å². The van der Waals surface area contributed by atoms with Crippen molar-refractivity contribution in [3.63, 3.8) is 0 Å². The van der Waals surface area contributed by atoms with Gasteiger partial charge in [0.15, 0.2) is 11.6 Å². The highest BCUT2D eigenvalue weighted by Crippen LogP contribution is 2.22. The largest absolute Gasteiger partial charge is 0.337 e. The molecule has 2 aromatic rings. The van der Waals surface area contributed by atoms with Crippen LogP contribution in [0.1, 0.15) is 31.9 Å². The molecule has 0 bridgehead atoms. The van der Waals surface area contributed by atoms with Gasteiger partial charge in [0, 0.05) is 41.9 Å². The second-order valence-corrected chi connectivity index (χ2v) is 6.05. The highest BCUT2D eigenvalue weighted by molar-refractivity contribution is 5.60. The molecule has 0 spiro atoms. The van der Waals surface area contributed by atoms with Crippen molar-refractivity contribution in [3.05, 3.63) is 47.7 Å². The number of nitrogens with one attached hydrogen (secondary N) is 2. The lowest BCUT2D eigenvalue weighted by atomic mass is 10.1. The van der Waals surface area contributed by atoms with E-state index in [0.29, 0.717) is 12.1 Å². The van der Waals surface area contributed by atoms with Gasteiger partial charge in [0.1, 0.15) is 0 Å². The van der Waals surface area contributed by atoms with Crippen LogP contribution in [0.4, 0.5) is 15.9 Å². The minimum Gasteiger partial charge on any atom is -0.337 e. The molecule has 0 saturated heterocycles. The summed E-state index contributed by atoms with van der Waals surface area (Å²) in [7, 11) is 0. The lowest BCUT2D eigenvalue weighted by Gasteiger charge is -2.21. The van der Waals surface area contributed by atoms with E-state index >= 15 is 0 Å². The summed E-state index contributed by atoms with van der Waals surface area (Å²) in [6.45, 7) is 8.52. The molecule has 0 aliphatic rings. The number of nitrogens with zero attached hydrogens (tertiary/aromatic N) is 2. The summed E-state index contributed by atoms with van der Waals surface area (Å²) in [6.07, 6.45) is 5.01. The first kappa shape index (κ1) is 15.4. The third-order valence-corrected chi connectivity index (χ3v) is 3.05. The summed E-state index contributed by atoms with van der Waals surface area (Å²) in [5.74, 6) is -0.0945. The lowest BCUT2D eigenvalue weighted by molar-refractivity contribution is 0.418. The van der Waals surface area contributed by atoms with Crippen molar-refractivity contribution in [2.45, 2.75) is 39.8 Å². The van der Waals surface area contributed by atoms with Crippen LogP contribution in [0.25, 0.3) is 0 Å². The number of hydrogen-bond acceptors (Lipinski definition) is 4. The number of hydrogen-bond donors (Lipinski definition) is 2. The van der Waals surface area contributed by atoms with Gasteiger partial charge < -0.3 is 10.6 Å². The number of pyridine rings is 2. The Balaban J connectivity index is 2.20. The Bertz CT molecular complexity index is 620. The first-order valence-electron chi connectivity index (χ1n) is 6.93. The van der Waals surface area contributed by atoms with Crippen molar-refractivity contribution in [1.82, 2.24) is 15.3 Å². The predicted molar refractivity (Wildman–Crippen MR) is 83.0 cm³/mol. The molecule has 2 rings (SSSR count). The molecule has 112 valence electrons. The van der Waals surface area contributed by atoms with Gasteiger partial charge in [-0.1, -0.05) is 0 Å². The quantitative estimate of drug-likeness (QED) is 0.903. The third-order valence-electron chi connectivity index (χ3n) is 3.05. The van der Waals surface area contributed by atoms with E-state index in [9.17, 15) is 4.39 Å². The predicted octanol–water partition coefficient (Wildman–Crippen LogP) is 3.56. The van der Waals surface area contributed by atoms with E-state index in [1.165, 1.54) is 0 Å². The topological polar surface area (TPSA) is 49.8 Å². The normalized spacial score (nSPS) is 11.5. The maximum atomic E-state index is 14.5. The van der Waals surface area contributed by atoms with Gasteiger partial charge in [-0.05, 0) is 45.4 Å². The van der Waals surface area contributed by atoms with Gasteiger partial charge in [-0.2, -0.15) is 0 Å². The maximum absolute atomic E-state index is 14.5. The molecular weight excluding hydrogens is 267 g/mol. The second-order valence-electron chi connectivity index (χ2n) is 6.05. The fraction of sp³-hybridized carbons (Fsp3) is 0.375. The molecule has 0 amide bonds. The van der Waals surface area contributed by atoms with Gasteiger partial charge in [0.25, 0.3) is 0 Å². The average molecular weight is 288 g/mol. The first-order chi connectivity index (χ1) is 9.87. The van der Waals surface area contributed by atoms with E-state index in [4.69, 9.17) is 0 Å². The minimum absolute atomic E-state index is 0.0645. The Kier molecular flexibility index (Phi) is 4.53. The molecule has 5 heteroatoms. The zero-order valence-corrected chi connectivity index (χ0v) is 12.9. The number of anilines is 2. The fourth-order valence-corrected chi connectivity index (χ4v) is 1.81. The van der Waals surface area contributed by atoms with Gasteiger partial charge >= 0.3 is 0 Å². The van der Waals surface area contributed by atoms with Crippen molar-refractivity contribution < 1.29 is 4.39 Å². The summed E-state index contributed by atoms with van der Waals surface area (Å²) >= 11 is 0. The van der Waals surface area contributed by atoms with E-state index in [1.54, 1.807) is 30.7 Å². The monoisotopic (exact) mass is 288 g/mol.